The third-order valence-electron chi connectivity index (χ3n) is 3.83. The molecule has 0 fully saturated rings. The van der Waals surface area contributed by atoms with E-state index in [1.807, 2.05) is 17.0 Å². The lowest BCUT2D eigenvalue weighted by atomic mass is 10.1. The van der Waals surface area contributed by atoms with Crippen molar-refractivity contribution < 1.29 is 0 Å². The van der Waals surface area contributed by atoms with Crippen molar-refractivity contribution in [1.82, 2.24) is 4.90 Å². The molecular weight excluding hydrogens is 270 g/mol. The molecule has 0 spiro atoms. The van der Waals surface area contributed by atoms with Crippen LogP contribution < -0.4 is 4.90 Å². The molecule has 3 rings (SSSR count). The first-order valence-electron chi connectivity index (χ1n) is 7.61. The smallest absolute Gasteiger partial charge is 0.137 e. The van der Waals surface area contributed by atoms with Crippen molar-refractivity contribution in [3.63, 3.8) is 0 Å². The van der Waals surface area contributed by atoms with Crippen molar-refractivity contribution in [2.24, 2.45) is 4.99 Å². The Bertz CT molecular complexity index is 693. The molecule has 0 unspecified atom stereocenters. The van der Waals surface area contributed by atoms with Crippen LogP contribution in [0.4, 0.5) is 5.69 Å². The zero-order valence-corrected chi connectivity index (χ0v) is 13.2. The van der Waals surface area contributed by atoms with Crippen LogP contribution in [0.3, 0.4) is 0 Å². The molecule has 2 aliphatic heterocycles. The van der Waals surface area contributed by atoms with Crippen molar-refractivity contribution in [2.75, 3.05) is 18.0 Å². The quantitative estimate of drug-likeness (QED) is 0.831. The number of benzene rings is 1. The molecule has 3 heteroatoms. The second-order valence-corrected chi connectivity index (χ2v) is 5.52. The summed E-state index contributed by atoms with van der Waals surface area (Å²) in [6.45, 7) is 10.1. The normalized spacial score (nSPS) is 16.7. The molecule has 112 valence electrons. The van der Waals surface area contributed by atoms with Gasteiger partial charge in [0.1, 0.15) is 5.84 Å². The first kappa shape index (κ1) is 14.4. The molecule has 0 aliphatic carbocycles. The largest absolute Gasteiger partial charge is 0.366 e. The van der Waals surface area contributed by atoms with Gasteiger partial charge in [-0.2, -0.15) is 0 Å². The average molecular weight is 291 g/mol. The molecule has 0 saturated heterocycles. The molecule has 0 saturated carbocycles. The zero-order valence-electron chi connectivity index (χ0n) is 13.2. The minimum Gasteiger partial charge on any atom is -0.366 e. The van der Waals surface area contributed by atoms with Crippen molar-refractivity contribution >= 4 is 11.5 Å². The number of para-hydroxylation sites is 1. The fourth-order valence-corrected chi connectivity index (χ4v) is 2.66. The fourth-order valence-electron chi connectivity index (χ4n) is 2.66. The van der Waals surface area contributed by atoms with E-state index in [-0.39, 0.29) is 0 Å². The predicted octanol–water partition coefficient (Wildman–Crippen LogP) is 4.10. The third kappa shape index (κ3) is 2.89. The average Bonchev–Trinajstić information content (AvgIpc) is 2.54. The lowest BCUT2D eigenvalue weighted by Crippen LogP contribution is -2.31. The Kier molecular flexibility index (Phi) is 3.96. The minimum atomic E-state index is 0.785. The molecule has 0 aromatic heterocycles. The van der Waals surface area contributed by atoms with Crippen LogP contribution in [0.5, 0.6) is 0 Å². The van der Waals surface area contributed by atoms with Crippen LogP contribution >= 0.6 is 0 Å². The zero-order chi connectivity index (χ0) is 15.5. The summed E-state index contributed by atoms with van der Waals surface area (Å²) >= 11 is 0. The van der Waals surface area contributed by atoms with Gasteiger partial charge in [0.2, 0.25) is 0 Å². The number of allylic oxidation sites excluding steroid dienone is 3. The lowest BCUT2D eigenvalue weighted by Gasteiger charge is -2.30. The Morgan fingerprint density at radius 3 is 2.68 bits per heavy atom. The van der Waals surface area contributed by atoms with Gasteiger partial charge in [0.15, 0.2) is 0 Å². The summed E-state index contributed by atoms with van der Waals surface area (Å²) in [4.78, 5) is 9.12. The molecule has 0 N–H and O–H groups in total. The van der Waals surface area contributed by atoms with Crippen molar-refractivity contribution in [3.8, 4) is 0 Å². The summed E-state index contributed by atoms with van der Waals surface area (Å²) in [5, 5.41) is 0. The monoisotopic (exact) mass is 291 g/mol. The van der Waals surface area contributed by atoms with Crippen LogP contribution in [0.15, 0.2) is 83.3 Å². The molecule has 0 amide bonds. The number of fused-ring (bicyclic) bond motifs is 1. The van der Waals surface area contributed by atoms with E-state index in [1.54, 1.807) is 0 Å². The van der Waals surface area contributed by atoms with Gasteiger partial charge in [-0.25, -0.2) is 4.99 Å². The van der Waals surface area contributed by atoms with Crippen LogP contribution in [-0.4, -0.2) is 23.8 Å². The van der Waals surface area contributed by atoms with Gasteiger partial charge >= 0.3 is 0 Å². The summed E-state index contributed by atoms with van der Waals surface area (Å²) < 4.78 is 0. The number of nitrogens with zero attached hydrogens (tertiary/aromatic N) is 3. The molecule has 0 radical (unpaired) electrons. The molecular formula is C19H21N3. The minimum absolute atomic E-state index is 0.785. The highest BCUT2D eigenvalue weighted by atomic mass is 15.2. The van der Waals surface area contributed by atoms with Crippen molar-refractivity contribution in [3.05, 3.63) is 78.3 Å². The van der Waals surface area contributed by atoms with Crippen LogP contribution in [0.25, 0.3) is 0 Å². The molecule has 0 atom stereocenters. The number of hydrogen-bond donors (Lipinski definition) is 0. The Morgan fingerprint density at radius 2 is 1.95 bits per heavy atom. The first-order valence-corrected chi connectivity index (χ1v) is 7.61. The number of likely N-dealkylation sites (N-methyl/N-ethyl adjacent to an activating group) is 1. The number of amidine groups is 1. The maximum atomic E-state index is 4.77. The summed E-state index contributed by atoms with van der Waals surface area (Å²) in [5.74, 6) is 0.942. The Morgan fingerprint density at radius 1 is 1.18 bits per heavy atom. The molecule has 0 bridgehead atoms. The van der Waals surface area contributed by atoms with E-state index < -0.39 is 0 Å². The second kappa shape index (κ2) is 6.06. The van der Waals surface area contributed by atoms with E-state index in [2.05, 4.69) is 67.9 Å². The summed E-state index contributed by atoms with van der Waals surface area (Å²) in [7, 11) is 0. The highest BCUT2D eigenvalue weighted by Crippen LogP contribution is 2.24. The van der Waals surface area contributed by atoms with E-state index in [1.165, 1.54) is 11.3 Å². The predicted molar refractivity (Wildman–Crippen MR) is 93.7 cm³/mol. The number of rotatable bonds is 4. The highest BCUT2D eigenvalue weighted by Gasteiger charge is 2.19. The maximum Gasteiger partial charge on any atom is 0.137 e. The van der Waals surface area contributed by atoms with Gasteiger partial charge in [0.25, 0.3) is 0 Å². The lowest BCUT2D eigenvalue weighted by molar-refractivity contribution is 0.689. The SMILES string of the molecule is C=C1C=C(CN(CC)c2ccccc2)N=C2C=CC(C)=CN12. The van der Waals surface area contributed by atoms with E-state index in [9.17, 15) is 0 Å². The molecule has 3 nitrogen and oxygen atoms in total. The standard InChI is InChI=1S/C19H21N3/c1-4-21(18-8-6-5-7-9-18)14-17-12-16(3)22-13-15(2)10-11-19(22)20-17/h5-13H,3-4,14H2,1-2H3. The van der Waals surface area contributed by atoms with Crippen LogP contribution in [-0.2, 0) is 0 Å². The molecule has 2 heterocycles. The molecule has 22 heavy (non-hydrogen) atoms. The van der Waals surface area contributed by atoms with Crippen molar-refractivity contribution in [2.45, 2.75) is 13.8 Å². The third-order valence-corrected chi connectivity index (χ3v) is 3.83. The molecule has 2 aliphatic rings. The second-order valence-electron chi connectivity index (χ2n) is 5.52. The van der Waals surface area contributed by atoms with E-state index >= 15 is 0 Å². The van der Waals surface area contributed by atoms with Gasteiger partial charge in [-0.3, -0.25) is 0 Å². The Hall–Kier alpha value is -2.55. The topological polar surface area (TPSA) is 18.8 Å². The number of anilines is 1. The molecule has 1 aromatic rings. The summed E-state index contributed by atoms with van der Waals surface area (Å²) in [5.41, 5.74) is 4.43. The van der Waals surface area contributed by atoms with Crippen molar-refractivity contribution in [1.29, 1.82) is 0 Å². The van der Waals surface area contributed by atoms with E-state index in [0.29, 0.717) is 0 Å². The maximum absolute atomic E-state index is 4.77. The van der Waals surface area contributed by atoms with E-state index in [4.69, 9.17) is 4.99 Å². The van der Waals surface area contributed by atoms with Gasteiger partial charge in [0, 0.05) is 24.1 Å². The molecule has 1 aromatic carbocycles. The Labute approximate surface area is 132 Å². The van der Waals surface area contributed by atoms with Gasteiger partial charge in [-0.15, -0.1) is 0 Å². The van der Waals surface area contributed by atoms with Crippen LogP contribution in [0.1, 0.15) is 13.8 Å². The first-order chi connectivity index (χ1) is 10.7. The summed E-state index contributed by atoms with van der Waals surface area (Å²) in [6.07, 6.45) is 8.27. The fraction of sp³-hybridized carbons (Fsp3) is 0.211. The Balaban J connectivity index is 1.82. The van der Waals surface area contributed by atoms with Crippen LogP contribution in [0, 0.1) is 0 Å². The summed E-state index contributed by atoms with van der Waals surface area (Å²) in [6, 6.07) is 10.4. The van der Waals surface area contributed by atoms with Crippen LogP contribution in [0.2, 0.25) is 0 Å². The van der Waals surface area contributed by atoms with Gasteiger partial charge < -0.3 is 9.80 Å². The van der Waals surface area contributed by atoms with E-state index in [0.717, 1.165) is 30.3 Å². The van der Waals surface area contributed by atoms with Gasteiger partial charge in [0.05, 0.1) is 12.2 Å². The van der Waals surface area contributed by atoms with Gasteiger partial charge in [-0.05, 0) is 43.7 Å². The number of hydrogen-bond acceptors (Lipinski definition) is 3. The van der Waals surface area contributed by atoms with Gasteiger partial charge in [-0.1, -0.05) is 30.9 Å². The number of aliphatic imine (C=N–C) groups is 1. The highest BCUT2D eigenvalue weighted by molar-refractivity contribution is 5.98.